The molecule has 1 N–H and O–H groups in total. The van der Waals surface area contributed by atoms with Crippen molar-refractivity contribution in [3.63, 3.8) is 0 Å². The second kappa shape index (κ2) is 5.57. The third kappa shape index (κ3) is 2.62. The molecular weight excluding hydrogens is 294 g/mol. The van der Waals surface area contributed by atoms with Gasteiger partial charge in [0, 0.05) is 11.6 Å². The van der Waals surface area contributed by atoms with E-state index in [0.29, 0.717) is 5.75 Å². The highest BCUT2D eigenvalue weighted by Gasteiger charge is 2.23. The molecule has 0 unspecified atom stereocenters. The molecule has 1 aromatic carbocycles. The Balaban J connectivity index is 2.03. The van der Waals surface area contributed by atoms with Gasteiger partial charge in [-0.25, -0.2) is 0 Å². The van der Waals surface area contributed by atoms with Gasteiger partial charge in [-0.05, 0) is 24.5 Å². The number of benzene rings is 1. The van der Waals surface area contributed by atoms with E-state index in [1.807, 2.05) is 12.1 Å². The summed E-state index contributed by atoms with van der Waals surface area (Å²) in [7, 11) is 1.50. The third-order valence-corrected chi connectivity index (χ3v) is 3.37. The summed E-state index contributed by atoms with van der Waals surface area (Å²) in [4.78, 5) is 16.7. The standard InChI is InChI=1S/C14H12ClN3O3/c1-20-18-9-6-5-8-3-2-4-11(13(8)9)21-14-10(19)7-12(15)16-17-14/h2-4,7H,5-6H2,1H3,(H,16,19)/b18-9+. The average Bonchev–Trinajstić information content (AvgIpc) is 2.87. The summed E-state index contributed by atoms with van der Waals surface area (Å²) < 4.78 is 5.63. The molecular formula is C14H12ClN3O3. The van der Waals surface area contributed by atoms with Gasteiger partial charge in [-0.15, -0.1) is 5.10 Å². The van der Waals surface area contributed by atoms with E-state index in [1.165, 1.54) is 13.2 Å². The molecule has 0 bridgehead atoms. The van der Waals surface area contributed by atoms with Crippen LogP contribution in [-0.4, -0.2) is 23.0 Å². The summed E-state index contributed by atoms with van der Waals surface area (Å²) in [6, 6.07) is 6.86. The summed E-state index contributed by atoms with van der Waals surface area (Å²) in [6.07, 6.45) is 1.63. The maximum Gasteiger partial charge on any atom is 0.285 e. The van der Waals surface area contributed by atoms with Gasteiger partial charge >= 0.3 is 0 Å². The van der Waals surface area contributed by atoms with Crippen LogP contribution in [0.3, 0.4) is 0 Å². The highest BCUT2D eigenvalue weighted by atomic mass is 35.5. The number of aromatic amines is 1. The van der Waals surface area contributed by atoms with E-state index >= 15 is 0 Å². The molecule has 1 aliphatic rings. The van der Waals surface area contributed by atoms with Crippen LogP contribution in [0.5, 0.6) is 11.6 Å². The second-order valence-electron chi connectivity index (χ2n) is 4.50. The number of oxime groups is 1. The molecule has 2 aromatic rings. The largest absolute Gasteiger partial charge is 0.434 e. The normalized spacial score (nSPS) is 15.0. The second-order valence-corrected chi connectivity index (χ2v) is 4.91. The lowest BCUT2D eigenvalue weighted by atomic mass is 10.1. The molecule has 0 aliphatic heterocycles. The Morgan fingerprint density at radius 2 is 2.24 bits per heavy atom. The first-order valence-electron chi connectivity index (χ1n) is 6.34. The Hall–Kier alpha value is -2.34. The third-order valence-electron chi connectivity index (χ3n) is 3.17. The number of hydrogen-bond acceptors (Lipinski definition) is 5. The lowest BCUT2D eigenvalue weighted by Gasteiger charge is -2.09. The van der Waals surface area contributed by atoms with Gasteiger partial charge in [-0.1, -0.05) is 28.9 Å². The average molecular weight is 306 g/mol. The Morgan fingerprint density at radius 3 is 3.00 bits per heavy atom. The van der Waals surface area contributed by atoms with Crippen LogP contribution in [0.4, 0.5) is 0 Å². The Kier molecular flexibility index (Phi) is 3.62. The van der Waals surface area contributed by atoms with E-state index in [2.05, 4.69) is 15.4 Å². The van der Waals surface area contributed by atoms with Crippen molar-refractivity contribution < 1.29 is 9.57 Å². The van der Waals surface area contributed by atoms with Crippen LogP contribution >= 0.6 is 11.6 Å². The van der Waals surface area contributed by atoms with Gasteiger partial charge in [0.25, 0.3) is 5.88 Å². The van der Waals surface area contributed by atoms with Crippen LogP contribution in [-0.2, 0) is 11.3 Å². The topological polar surface area (TPSA) is 76.6 Å². The van der Waals surface area contributed by atoms with Gasteiger partial charge in [0.05, 0.1) is 5.71 Å². The number of rotatable bonds is 3. The highest BCUT2D eigenvalue weighted by Crippen LogP contribution is 2.32. The number of fused-ring (bicyclic) bond motifs is 1. The van der Waals surface area contributed by atoms with E-state index in [-0.39, 0.29) is 16.5 Å². The van der Waals surface area contributed by atoms with Crippen molar-refractivity contribution in [2.45, 2.75) is 12.8 Å². The number of aromatic nitrogens is 2. The van der Waals surface area contributed by atoms with Gasteiger partial charge in [0.2, 0.25) is 5.43 Å². The maximum atomic E-state index is 11.8. The number of nitrogens with zero attached hydrogens (tertiary/aromatic N) is 2. The van der Waals surface area contributed by atoms with Crippen LogP contribution in [0, 0.1) is 0 Å². The first-order valence-corrected chi connectivity index (χ1v) is 6.72. The van der Waals surface area contributed by atoms with E-state index < -0.39 is 0 Å². The fraction of sp³-hybridized carbons (Fsp3) is 0.214. The Morgan fingerprint density at radius 1 is 1.38 bits per heavy atom. The van der Waals surface area contributed by atoms with Gasteiger partial charge in [-0.2, -0.15) is 0 Å². The van der Waals surface area contributed by atoms with E-state index in [0.717, 1.165) is 29.7 Å². The summed E-state index contributed by atoms with van der Waals surface area (Å²) in [5.41, 5.74) is 2.37. The molecule has 21 heavy (non-hydrogen) atoms. The zero-order valence-corrected chi connectivity index (χ0v) is 12.0. The van der Waals surface area contributed by atoms with Crippen LogP contribution in [0.1, 0.15) is 17.5 Å². The smallest absolute Gasteiger partial charge is 0.285 e. The van der Waals surface area contributed by atoms with Crippen molar-refractivity contribution >= 4 is 17.3 Å². The predicted molar refractivity (Wildman–Crippen MR) is 78.3 cm³/mol. The van der Waals surface area contributed by atoms with Gasteiger partial charge in [0.1, 0.15) is 18.0 Å². The van der Waals surface area contributed by atoms with E-state index in [4.69, 9.17) is 21.2 Å². The molecule has 0 amide bonds. The minimum absolute atomic E-state index is 0.0588. The van der Waals surface area contributed by atoms with Crippen LogP contribution < -0.4 is 10.2 Å². The van der Waals surface area contributed by atoms with Crippen LogP contribution in [0.15, 0.2) is 34.2 Å². The molecule has 1 heterocycles. The zero-order chi connectivity index (χ0) is 14.8. The van der Waals surface area contributed by atoms with E-state index in [9.17, 15) is 4.79 Å². The molecule has 0 atom stereocenters. The molecule has 1 aromatic heterocycles. The number of ether oxygens (including phenoxy) is 1. The number of hydrogen-bond donors (Lipinski definition) is 1. The van der Waals surface area contributed by atoms with Gasteiger partial charge in [0.15, 0.2) is 0 Å². The van der Waals surface area contributed by atoms with Gasteiger partial charge in [-0.3, -0.25) is 9.89 Å². The fourth-order valence-corrected chi connectivity index (χ4v) is 2.46. The van der Waals surface area contributed by atoms with Crippen LogP contribution in [0.25, 0.3) is 0 Å². The molecule has 0 spiro atoms. The first kappa shape index (κ1) is 13.6. The Labute approximate surface area is 125 Å². The minimum Gasteiger partial charge on any atom is -0.434 e. The van der Waals surface area contributed by atoms with Crippen molar-refractivity contribution in [3.05, 3.63) is 50.8 Å². The molecule has 1 aliphatic carbocycles. The monoisotopic (exact) mass is 305 g/mol. The minimum atomic E-state index is -0.389. The number of halogens is 1. The molecule has 0 fully saturated rings. The van der Waals surface area contributed by atoms with Crippen LogP contribution in [0.2, 0.25) is 5.15 Å². The van der Waals surface area contributed by atoms with Crippen molar-refractivity contribution in [2.75, 3.05) is 7.11 Å². The predicted octanol–water partition coefficient (Wildman–Crippen LogP) is 2.51. The first-order chi connectivity index (χ1) is 10.2. The summed E-state index contributed by atoms with van der Waals surface area (Å²) >= 11 is 5.67. The Bertz CT molecular complexity index is 770. The molecule has 0 saturated heterocycles. The molecule has 3 rings (SSSR count). The quantitative estimate of drug-likeness (QED) is 0.884. The molecule has 6 nitrogen and oxygen atoms in total. The molecule has 0 saturated carbocycles. The van der Waals surface area contributed by atoms with Crippen molar-refractivity contribution in [2.24, 2.45) is 5.16 Å². The SMILES string of the molecule is CO/N=C1\CCc2cccc(Oc3n[nH]c(Cl)cc3=O)c21. The lowest BCUT2D eigenvalue weighted by molar-refractivity contribution is 0.213. The maximum absolute atomic E-state index is 11.8. The zero-order valence-electron chi connectivity index (χ0n) is 11.2. The molecule has 7 heteroatoms. The number of nitrogens with one attached hydrogen (secondary N) is 1. The summed E-state index contributed by atoms with van der Waals surface area (Å²) in [5.74, 6) is 0.470. The molecule has 108 valence electrons. The fourth-order valence-electron chi connectivity index (χ4n) is 2.32. The van der Waals surface area contributed by atoms with Crippen molar-refractivity contribution in [1.82, 2.24) is 10.2 Å². The van der Waals surface area contributed by atoms with Crippen molar-refractivity contribution in [3.8, 4) is 11.6 Å². The lowest BCUT2D eigenvalue weighted by Crippen LogP contribution is -2.09. The van der Waals surface area contributed by atoms with Gasteiger partial charge < -0.3 is 9.57 Å². The van der Waals surface area contributed by atoms with Crippen molar-refractivity contribution in [1.29, 1.82) is 0 Å². The summed E-state index contributed by atoms with van der Waals surface area (Å²) in [6.45, 7) is 0. The number of aryl methyl sites for hydroxylation is 1. The molecule has 0 radical (unpaired) electrons. The summed E-state index contributed by atoms with van der Waals surface area (Å²) in [5, 5.41) is 10.5. The van der Waals surface area contributed by atoms with E-state index in [1.54, 1.807) is 6.07 Å². The number of H-pyrrole nitrogens is 1. The highest BCUT2D eigenvalue weighted by molar-refractivity contribution is 6.29.